The predicted octanol–water partition coefficient (Wildman–Crippen LogP) is 3.85. The van der Waals surface area contributed by atoms with Crippen LogP contribution >= 0.6 is 0 Å². The summed E-state index contributed by atoms with van der Waals surface area (Å²) in [6, 6.07) is 0. The lowest BCUT2D eigenvalue weighted by molar-refractivity contribution is 0.265. The molecule has 3 heteroatoms. The highest BCUT2D eigenvalue weighted by Crippen LogP contribution is 2.09. The fourth-order valence-corrected chi connectivity index (χ4v) is 2.48. The van der Waals surface area contributed by atoms with E-state index in [0.29, 0.717) is 0 Å². The molecule has 130 valence electrons. The van der Waals surface area contributed by atoms with E-state index in [4.69, 9.17) is 11.5 Å². The van der Waals surface area contributed by atoms with Gasteiger partial charge < -0.3 is 16.4 Å². The third-order valence-electron chi connectivity index (χ3n) is 3.87. The molecule has 0 aliphatic carbocycles. The molecular formula is C19H39N3. The zero-order valence-electron chi connectivity index (χ0n) is 15.2. The Morgan fingerprint density at radius 3 is 1.91 bits per heavy atom. The van der Waals surface area contributed by atoms with Crippen molar-refractivity contribution < 1.29 is 0 Å². The van der Waals surface area contributed by atoms with Crippen molar-refractivity contribution in [2.45, 2.75) is 65.7 Å². The number of nitrogens with two attached hydrogens (primary N) is 2. The molecule has 0 saturated carbocycles. The zero-order valence-corrected chi connectivity index (χ0v) is 15.2. The van der Waals surface area contributed by atoms with Gasteiger partial charge in [-0.2, -0.15) is 0 Å². The Balaban J connectivity index is 3.79. The highest BCUT2D eigenvalue weighted by atomic mass is 15.1. The standard InChI is InChI=1S/C19H39N3/c1-18(2)10-7-12-19(3)11-5-4-6-15-22(16-8-13-20)17-9-14-21/h10-11H,4-9,12-17,20-21H2,1-3H3. The van der Waals surface area contributed by atoms with Crippen LogP contribution < -0.4 is 11.5 Å². The second-order valence-corrected chi connectivity index (χ2v) is 6.49. The quantitative estimate of drug-likeness (QED) is 0.378. The van der Waals surface area contributed by atoms with Gasteiger partial charge in [-0.25, -0.2) is 0 Å². The Kier molecular flexibility index (Phi) is 14.8. The van der Waals surface area contributed by atoms with Crippen LogP contribution in [0.5, 0.6) is 0 Å². The number of nitrogens with zero attached hydrogens (tertiary/aromatic N) is 1. The van der Waals surface area contributed by atoms with Gasteiger partial charge in [0.1, 0.15) is 0 Å². The van der Waals surface area contributed by atoms with E-state index in [0.717, 1.165) is 39.0 Å². The second kappa shape index (κ2) is 15.3. The van der Waals surface area contributed by atoms with E-state index in [1.165, 1.54) is 49.8 Å². The molecule has 0 aromatic heterocycles. The van der Waals surface area contributed by atoms with Crippen LogP contribution in [0, 0.1) is 0 Å². The van der Waals surface area contributed by atoms with Crippen LogP contribution in [0.1, 0.15) is 65.7 Å². The smallest absolute Gasteiger partial charge is 0.000671 e. The normalized spacial score (nSPS) is 12.0. The minimum atomic E-state index is 0.784. The van der Waals surface area contributed by atoms with Crippen LogP contribution in [0.2, 0.25) is 0 Å². The van der Waals surface area contributed by atoms with Gasteiger partial charge in [-0.05, 0) is 98.4 Å². The molecule has 0 bridgehead atoms. The van der Waals surface area contributed by atoms with Crippen molar-refractivity contribution in [3.05, 3.63) is 23.3 Å². The Hall–Kier alpha value is -0.640. The van der Waals surface area contributed by atoms with Crippen LogP contribution in [0.15, 0.2) is 23.3 Å². The summed E-state index contributed by atoms with van der Waals surface area (Å²) < 4.78 is 0. The first-order valence-electron chi connectivity index (χ1n) is 9.01. The Bertz CT molecular complexity index is 296. The molecule has 0 unspecified atom stereocenters. The maximum absolute atomic E-state index is 5.61. The molecule has 0 saturated heterocycles. The van der Waals surface area contributed by atoms with E-state index in [-0.39, 0.29) is 0 Å². The van der Waals surface area contributed by atoms with Crippen LogP contribution in [0.4, 0.5) is 0 Å². The molecule has 0 spiro atoms. The second-order valence-electron chi connectivity index (χ2n) is 6.49. The third-order valence-corrected chi connectivity index (χ3v) is 3.87. The summed E-state index contributed by atoms with van der Waals surface area (Å²) in [4.78, 5) is 2.52. The molecule has 0 fully saturated rings. The molecule has 0 aliphatic rings. The topological polar surface area (TPSA) is 55.3 Å². The Labute approximate surface area is 138 Å². The summed E-state index contributed by atoms with van der Waals surface area (Å²) in [5.74, 6) is 0. The van der Waals surface area contributed by atoms with Gasteiger partial charge in [0, 0.05) is 0 Å². The summed E-state index contributed by atoms with van der Waals surface area (Å²) in [7, 11) is 0. The molecule has 0 atom stereocenters. The summed E-state index contributed by atoms with van der Waals surface area (Å²) in [5.41, 5.74) is 14.2. The summed E-state index contributed by atoms with van der Waals surface area (Å²) in [6.45, 7) is 11.6. The Morgan fingerprint density at radius 1 is 0.773 bits per heavy atom. The maximum Gasteiger partial charge on any atom is -0.000671 e. The van der Waals surface area contributed by atoms with Gasteiger partial charge in [-0.3, -0.25) is 0 Å². The van der Waals surface area contributed by atoms with Crippen LogP contribution in [0.3, 0.4) is 0 Å². The number of rotatable bonds is 14. The lowest BCUT2D eigenvalue weighted by Gasteiger charge is -2.21. The van der Waals surface area contributed by atoms with Crippen molar-refractivity contribution in [1.29, 1.82) is 0 Å². The predicted molar refractivity (Wildman–Crippen MR) is 100 cm³/mol. The van der Waals surface area contributed by atoms with Crippen LogP contribution in [-0.4, -0.2) is 37.6 Å². The fourth-order valence-electron chi connectivity index (χ4n) is 2.48. The first kappa shape index (κ1) is 21.4. The third kappa shape index (κ3) is 14.3. The number of hydrogen-bond donors (Lipinski definition) is 2. The first-order valence-corrected chi connectivity index (χ1v) is 9.01. The minimum Gasteiger partial charge on any atom is -0.330 e. The van der Waals surface area contributed by atoms with Gasteiger partial charge >= 0.3 is 0 Å². The molecule has 0 aliphatic heterocycles. The van der Waals surface area contributed by atoms with Crippen molar-refractivity contribution in [2.75, 3.05) is 32.7 Å². The SMILES string of the molecule is CC(C)=CCCC(C)=CCCCCN(CCCN)CCCN. The van der Waals surface area contributed by atoms with Gasteiger partial charge in [-0.15, -0.1) is 0 Å². The molecule has 0 amide bonds. The van der Waals surface area contributed by atoms with E-state index >= 15 is 0 Å². The minimum absolute atomic E-state index is 0.784. The van der Waals surface area contributed by atoms with Crippen molar-refractivity contribution in [3.8, 4) is 0 Å². The Morgan fingerprint density at radius 2 is 1.36 bits per heavy atom. The highest BCUT2D eigenvalue weighted by Gasteiger charge is 2.03. The van der Waals surface area contributed by atoms with E-state index in [1.54, 1.807) is 0 Å². The molecule has 0 aromatic rings. The van der Waals surface area contributed by atoms with E-state index in [1.807, 2.05) is 0 Å². The van der Waals surface area contributed by atoms with Gasteiger partial charge in [0.25, 0.3) is 0 Å². The van der Waals surface area contributed by atoms with Gasteiger partial charge in [0.15, 0.2) is 0 Å². The fraction of sp³-hybridized carbons (Fsp3) is 0.789. The molecule has 0 rings (SSSR count). The van der Waals surface area contributed by atoms with Crippen molar-refractivity contribution in [2.24, 2.45) is 11.5 Å². The lowest BCUT2D eigenvalue weighted by Crippen LogP contribution is -2.29. The van der Waals surface area contributed by atoms with E-state index in [2.05, 4.69) is 37.8 Å². The van der Waals surface area contributed by atoms with Crippen molar-refractivity contribution >= 4 is 0 Å². The molecule has 4 N–H and O–H groups in total. The average Bonchev–Trinajstić information content (AvgIpc) is 2.48. The van der Waals surface area contributed by atoms with Crippen LogP contribution in [0.25, 0.3) is 0 Å². The van der Waals surface area contributed by atoms with Gasteiger partial charge in [0.05, 0.1) is 0 Å². The molecule has 22 heavy (non-hydrogen) atoms. The zero-order chi connectivity index (χ0) is 16.6. The molecule has 0 aromatic carbocycles. The molecule has 3 nitrogen and oxygen atoms in total. The summed E-state index contributed by atoms with van der Waals surface area (Å²) in [5, 5.41) is 0. The van der Waals surface area contributed by atoms with Crippen molar-refractivity contribution in [1.82, 2.24) is 4.90 Å². The maximum atomic E-state index is 5.61. The molecular weight excluding hydrogens is 270 g/mol. The lowest BCUT2D eigenvalue weighted by atomic mass is 10.1. The van der Waals surface area contributed by atoms with E-state index in [9.17, 15) is 0 Å². The van der Waals surface area contributed by atoms with E-state index < -0.39 is 0 Å². The van der Waals surface area contributed by atoms with Gasteiger partial charge in [0.2, 0.25) is 0 Å². The highest BCUT2D eigenvalue weighted by molar-refractivity contribution is 5.02. The summed E-state index contributed by atoms with van der Waals surface area (Å²) >= 11 is 0. The van der Waals surface area contributed by atoms with Crippen molar-refractivity contribution in [3.63, 3.8) is 0 Å². The number of allylic oxidation sites excluding steroid dienone is 4. The first-order chi connectivity index (χ1) is 10.6. The average molecular weight is 310 g/mol. The number of hydrogen-bond acceptors (Lipinski definition) is 3. The van der Waals surface area contributed by atoms with Crippen LogP contribution in [-0.2, 0) is 0 Å². The summed E-state index contributed by atoms with van der Waals surface area (Å²) in [6.07, 6.45) is 13.1. The van der Waals surface area contributed by atoms with Gasteiger partial charge in [-0.1, -0.05) is 23.3 Å². The molecule has 0 heterocycles. The molecule has 0 radical (unpaired) electrons. The number of unbranched alkanes of at least 4 members (excludes halogenated alkanes) is 2. The monoisotopic (exact) mass is 309 g/mol. The largest absolute Gasteiger partial charge is 0.330 e.